The molecule has 0 spiro atoms. The lowest BCUT2D eigenvalue weighted by Gasteiger charge is -2.28. The second-order valence-corrected chi connectivity index (χ2v) is 9.80. The van der Waals surface area contributed by atoms with Crippen LogP contribution in [0.15, 0.2) is 36.5 Å². The van der Waals surface area contributed by atoms with E-state index >= 15 is 0 Å². The van der Waals surface area contributed by atoms with Gasteiger partial charge < -0.3 is 11.1 Å². The Morgan fingerprint density at radius 2 is 1.93 bits per heavy atom. The molecule has 4 rings (SSSR count). The molecule has 0 aliphatic carbocycles. The van der Waals surface area contributed by atoms with E-state index in [0.29, 0.717) is 37.4 Å². The molecule has 1 aromatic carbocycles. The van der Waals surface area contributed by atoms with Crippen molar-refractivity contribution in [1.29, 1.82) is 0 Å². The van der Waals surface area contributed by atoms with Crippen molar-refractivity contribution in [3.05, 3.63) is 53.2 Å². The molecule has 3 heterocycles. The van der Waals surface area contributed by atoms with E-state index in [4.69, 9.17) is 5.73 Å². The molecule has 2 aromatic rings. The normalized spacial score (nSPS) is 17.4. The van der Waals surface area contributed by atoms with Gasteiger partial charge in [-0.1, -0.05) is 18.2 Å². The fourth-order valence-corrected chi connectivity index (χ4v) is 4.88. The SMILES string of the molecule is CN(C)S(=O)(=O)N1CC=C(c2cnc(N)c(-c3ccc4c(c3)CCNC4=O)c2)CC1. The van der Waals surface area contributed by atoms with Crippen LogP contribution in [-0.2, 0) is 16.6 Å². The van der Waals surface area contributed by atoms with Crippen molar-refractivity contribution in [2.24, 2.45) is 0 Å². The molecule has 0 saturated carbocycles. The average Bonchev–Trinajstić information content (AvgIpc) is 2.74. The average molecular weight is 428 g/mol. The molecule has 0 unspecified atom stereocenters. The Morgan fingerprint density at radius 3 is 2.63 bits per heavy atom. The summed E-state index contributed by atoms with van der Waals surface area (Å²) in [6.45, 7) is 1.37. The molecule has 9 heteroatoms. The molecule has 8 nitrogen and oxygen atoms in total. The summed E-state index contributed by atoms with van der Waals surface area (Å²) in [4.78, 5) is 16.4. The smallest absolute Gasteiger partial charge is 0.281 e. The number of nitrogen functional groups attached to an aromatic ring is 1. The van der Waals surface area contributed by atoms with E-state index in [9.17, 15) is 13.2 Å². The number of pyridine rings is 1. The quantitative estimate of drug-likeness (QED) is 0.769. The largest absolute Gasteiger partial charge is 0.383 e. The predicted molar refractivity (Wildman–Crippen MR) is 117 cm³/mol. The van der Waals surface area contributed by atoms with E-state index in [2.05, 4.69) is 10.3 Å². The summed E-state index contributed by atoms with van der Waals surface area (Å²) in [5, 5.41) is 2.85. The lowest BCUT2D eigenvalue weighted by Crippen LogP contribution is -2.42. The number of aromatic nitrogens is 1. The van der Waals surface area contributed by atoms with Gasteiger partial charge in [-0.05, 0) is 47.2 Å². The number of nitrogens with two attached hydrogens (primary N) is 1. The van der Waals surface area contributed by atoms with Crippen LogP contribution in [0.5, 0.6) is 0 Å². The number of nitrogens with one attached hydrogen (secondary N) is 1. The van der Waals surface area contributed by atoms with Gasteiger partial charge in [-0.3, -0.25) is 4.79 Å². The minimum absolute atomic E-state index is 0.0489. The highest BCUT2D eigenvalue weighted by molar-refractivity contribution is 7.86. The first kappa shape index (κ1) is 20.5. The molecule has 0 saturated heterocycles. The number of carbonyl (C=O) groups excluding carboxylic acids is 1. The van der Waals surface area contributed by atoms with Gasteiger partial charge in [0.1, 0.15) is 5.82 Å². The summed E-state index contributed by atoms with van der Waals surface area (Å²) >= 11 is 0. The topological polar surface area (TPSA) is 109 Å². The maximum Gasteiger partial charge on any atom is 0.281 e. The van der Waals surface area contributed by atoms with Crippen LogP contribution >= 0.6 is 0 Å². The molecule has 158 valence electrons. The maximum atomic E-state index is 12.3. The number of hydrogen-bond donors (Lipinski definition) is 2. The molecular weight excluding hydrogens is 402 g/mol. The van der Waals surface area contributed by atoms with Crippen molar-refractivity contribution in [1.82, 2.24) is 18.9 Å². The number of nitrogens with zero attached hydrogens (tertiary/aromatic N) is 3. The van der Waals surface area contributed by atoms with Gasteiger partial charge in [0.25, 0.3) is 16.1 Å². The monoisotopic (exact) mass is 427 g/mol. The highest BCUT2D eigenvalue weighted by Crippen LogP contribution is 2.32. The standard InChI is InChI=1S/C21H25N5O3S/c1-25(2)30(28,29)26-9-6-14(7-10-26)17-12-19(20(22)24-13-17)15-3-4-18-16(11-15)5-8-23-21(18)27/h3-4,6,11-13H,5,7-10H2,1-2H3,(H2,22,24)(H,23,27). The van der Waals surface area contributed by atoms with E-state index in [1.807, 2.05) is 30.3 Å². The molecule has 2 aliphatic rings. The lowest BCUT2D eigenvalue weighted by molar-refractivity contribution is 0.0946. The van der Waals surface area contributed by atoms with E-state index in [1.165, 1.54) is 22.7 Å². The van der Waals surface area contributed by atoms with Crippen LogP contribution < -0.4 is 11.1 Å². The molecule has 0 radical (unpaired) electrons. The van der Waals surface area contributed by atoms with Crippen LogP contribution in [0.2, 0.25) is 0 Å². The second kappa shape index (κ2) is 7.82. The summed E-state index contributed by atoms with van der Waals surface area (Å²) in [5.41, 5.74) is 11.6. The van der Waals surface area contributed by atoms with Gasteiger partial charge in [-0.15, -0.1) is 0 Å². The second-order valence-electron chi connectivity index (χ2n) is 7.66. The Labute approximate surface area is 176 Å². The first-order valence-corrected chi connectivity index (χ1v) is 11.2. The Kier molecular flexibility index (Phi) is 5.35. The number of amides is 1. The Balaban J connectivity index is 1.64. The van der Waals surface area contributed by atoms with E-state index < -0.39 is 10.2 Å². The zero-order valence-electron chi connectivity index (χ0n) is 17.1. The molecule has 0 fully saturated rings. The van der Waals surface area contributed by atoms with Crippen molar-refractivity contribution in [2.75, 3.05) is 39.5 Å². The molecule has 0 bridgehead atoms. The Morgan fingerprint density at radius 1 is 1.13 bits per heavy atom. The Bertz CT molecular complexity index is 1140. The number of hydrogen-bond acceptors (Lipinski definition) is 5. The van der Waals surface area contributed by atoms with Crippen LogP contribution in [0, 0.1) is 0 Å². The number of fused-ring (bicyclic) bond motifs is 1. The van der Waals surface area contributed by atoms with Gasteiger partial charge in [0.2, 0.25) is 0 Å². The van der Waals surface area contributed by atoms with Crippen molar-refractivity contribution >= 4 is 27.5 Å². The van der Waals surface area contributed by atoms with Gasteiger partial charge in [0.05, 0.1) is 0 Å². The molecule has 1 amide bonds. The van der Waals surface area contributed by atoms with E-state index in [1.54, 1.807) is 6.20 Å². The number of anilines is 1. The molecule has 0 atom stereocenters. The Hall–Kier alpha value is -2.75. The molecular formula is C21H25N5O3S. The first-order chi connectivity index (χ1) is 14.3. The third kappa shape index (κ3) is 3.71. The van der Waals surface area contributed by atoms with Crippen molar-refractivity contribution in [3.63, 3.8) is 0 Å². The third-order valence-corrected chi connectivity index (χ3v) is 7.50. The van der Waals surface area contributed by atoms with Crippen molar-refractivity contribution < 1.29 is 13.2 Å². The van der Waals surface area contributed by atoms with Crippen LogP contribution in [-0.4, -0.2) is 61.6 Å². The number of carbonyl (C=O) groups is 1. The van der Waals surface area contributed by atoms with Gasteiger partial charge in [0.15, 0.2) is 0 Å². The van der Waals surface area contributed by atoms with Crippen LogP contribution in [0.25, 0.3) is 16.7 Å². The predicted octanol–water partition coefficient (Wildman–Crippen LogP) is 1.51. The van der Waals surface area contributed by atoms with E-state index in [0.717, 1.165) is 34.2 Å². The fraction of sp³-hybridized carbons (Fsp3) is 0.333. The zero-order valence-corrected chi connectivity index (χ0v) is 17.9. The minimum Gasteiger partial charge on any atom is -0.383 e. The van der Waals surface area contributed by atoms with Crippen LogP contribution in [0.3, 0.4) is 0 Å². The maximum absolute atomic E-state index is 12.3. The lowest BCUT2D eigenvalue weighted by atomic mass is 9.93. The number of benzene rings is 1. The highest BCUT2D eigenvalue weighted by Gasteiger charge is 2.26. The number of rotatable bonds is 4. The van der Waals surface area contributed by atoms with Gasteiger partial charge in [-0.2, -0.15) is 17.0 Å². The molecule has 1 aromatic heterocycles. The molecule has 3 N–H and O–H groups in total. The summed E-state index contributed by atoms with van der Waals surface area (Å²) in [6.07, 6.45) is 5.04. The summed E-state index contributed by atoms with van der Waals surface area (Å²) in [7, 11) is -0.354. The fourth-order valence-electron chi connectivity index (χ4n) is 3.83. The molecule has 2 aliphatic heterocycles. The van der Waals surface area contributed by atoms with Gasteiger partial charge >= 0.3 is 0 Å². The zero-order chi connectivity index (χ0) is 21.5. The summed E-state index contributed by atoms with van der Waals surface area (Å²) < 4.78 is 27.3. The van der Waals surface area contributed by atoms with Crippen LogP contribution in [0.1, 0.15) is 27.9 Å². The van der Waals surface area contributed by atoms with Crippen molar-refractivity contribution in [3.8, 4) is 11.1 Å². The summed E-state index contributed by atoms with van der Waals surface area (Å²) in [5.74, 6) is 0.374. The third-order valence-electron chi connectivity index (χ3n) is 5.59. The minimum atomic E-state index is -3.42. The highest BCUT2D eigenvalue weighted by atomic mass is 32.2. The first-order valence-electron chi connectivity index (χ1n) is 9.81. The van der Waals surface area contributed by atoms with Crippen molar-refractivity contribution in [2.45, 2.75) is 12.8 Å². The summed E-state index contributed by atoms with van der Waals surface area (Å²) in [6, 6.07) is 7.72. The van der Waals surface area contributed by atoms with Gasteiger partial charge in [-0.25, -0.2) is 4.98 Å². The van der Waals surface area contributed by atoms with Crippen LogP contribution in [0.4, 0.5) is 5.82 Å². The van der Waals surface area contributed by atoms with Gasteiger partial charge in [0, 0.05) is 51.1 Å². The van der Waals surface area contributed by atoms with E-state index in [-0.39, 0.29) is 5.91 Å². The molecule has 30 heavy (non-hydrogen) atoms.